The van der Waals surface area contributed by atoms with Gasteiger partial charge in [0.05, 0.1) is 38.4 Å². The Morgan fingerprint density at radius 3 is 2.62 bits per heavy atom. The highest BCUT2D eigenvalue weighted by atomic mass is 35.5. The van der Waals surface area contributed by atoms with Gasteiger partial charge in [0, 0.05) is 16.6 Å². The fourth-order valence-corrected chi connectivity index (χ4v) is 3.79. The van der Waals surface area contributed by atoms with E-state index in [0.29, 0.717) is 43.7 Å². The summed E-state index contributed by atoms with van der Waals surface area (Å²) in [4.78, 5) is 20.5. The first kappa shape index (κ1) is 17.7. The minimum atomic E-state index is -0.221. The maximum Gasteiger partial charge on any atom is 0.255 e. The highest BCUT2D eigenvalue weighted by molar-refractivity contribution is 6.39. The van der Waals surface area contributed by atoms with E-state index in [4.69, 9.17) is 23.2 Å². The molecule has 0 bridgehead atoms. The third-order valence-electron chi connectivity index (χ3n) is 4.64. The van der Waals surface area contributed by atoms with E-state index < -0.39 is 0 Å². The molecule has 0 spiro atoms. The molecule has 6 nitrogen and oxygen atoms in total. The molecule has 8 heteroatoms. The van der Waals surface area contributed by atoms with Gasteiger partial charge in [-0.25, -0.2) is 4.98 Å². The molecule has 2 aromatic heterocycles. The van der Waals surface area contributed by atoms with Crippen LogP contribution in [-0.4, -0.2) is 26.1 Å². The monoisotopic (exact) mass is 421 g/mol. The van der Waals surface area contributed by atoms with Crippen LogP contribution in [-0.2, 0) is 0 Å². The highest BCUT2D eigenvalue weighted by Gasteiger charge is 2.14. The Balaban J connectivity index is 1.47. The van der Waals surface area contributed by atoms with Crippen LogP contribution in [0.5, 0.6) is 0 Å². The van der Waals surface area contributed by atoms with Crippen molar-refractivity contribution in [2.75, 3.05) is 5.32 Å². The third-order valence-corrected chi connectivity index (χ3v) is 5.27. The molecule has 0 fully saturated rings. The molecule has 5 aromatic rings. The SMILES string of the molecule is O=C(Nc1ccc2[nH]ncc2c1)c1ccc2nc(-c3c(Cl)cccc3Cl)[nH]c2c1. The Hall–Kier alpha value is -3.35. The van der Waals surface area contributed by atoms with E-state index in [1.54, 1.807) is 42.6 Å². The number of imidazole rings is 1. The van der Waals surface area contributed by atoms with Crippen molar-refractivity contribution in [2.45, 2.75) is 0 Å². The Kier molecular flexibility index (Phi) is 4.23. The van der Waals surface area contributed by atoms with Gasteiger partial charge in [0.25, 0.3) is 5.91 Å². The number of rotatable bonds is 3. The van der Waals surface area contributed by atoms with Crippen LogP contribution in [0.3, 0.4) is 0 Å². The van der Waals surface area contributed by atoms with Gasteiger partial charge < -0.3 is 10.3 Å². The van der Waals surface area contributed by atoms with Crippen molar-refractivity contribution in [3.05, 3.63) is 76.4 Å². The molecule has 3 N–H and O–H groups in total. The van der Waals surface area contributed by atoms with Crippen molar-refractivity contribution >= 4 is 56.7 Å². The number of nitrogens with one attached hydrogen (secondary N) is 3. The highest BCUT2D eigenvalue weighted by Crippen LogP contribution is 2.34. The number of carbonyl (C=O) groups excluding carboxylic acids is 1. The number of carbonyl (C=O) groups is 1. The van der Waals surface area contributed by atoms with E-state index in [1.807, 2.05) is 18.2 Å². The van der Waals surface area contributed by atoms with Crippen LogP contribution in [0.25, 0.3) is 33.3 Å². The van der Waals surface area contributed by atoms with Crippen molar-refractivity contribution in [1.29, 1.82) is 0 Å². The number of aromatic nitrogens is 4. The van der Waals surface area contributed by atoms with Crippen LogP contribution in [0, 0.1) is 0 Å². The number of aromatic amines is 2. The van der Waals surface area contributed by atoms with E-state index in [0.717, 1.165) is 10.9 Å². The molecule has 0 saturated heterocycles. The molecule has 29 heavy (non-hydrogen) atoms. The lowest BCUT2D eigenvalue weighted by Crippen LogP contribution is -2.11. The predicted molar refractivity (Wildman–Crippen MR) is 116 cm³/mol. The summed E-state index contributed by atoms with van der Waals surface area (Å²) in [5, 5.41) is 11.7. The van der Waals surface area contributed by atoms with Crippen LogP contribution in [0.15, 0.2) is 60.8 Å². The number of fused-ring (bicyclic) bond motifs is 2. The maximum absolute atomic E-state index is 12.7. The normalized spacial score (nSPS) is 11.2. The topological polar surface area (TPSA) is 86.5 Å². The van der Waals surface area contributed by atoms with Gasteiger partial charge in [0.1, 0.15) is 5.82 Å². The summed E-state index contributed by atoms with van der Waals surface area (Å²) >= 11 is 12.6. The smallest absolute Gasteiger partial charge is 0.255 e. The zero-order valence-electron chi connectivity index (χ0n) is 14.8. The van der Waals surface area contributed by atoms with Gasteiger partial charge in [-0.15, -0.1) is 0 Å². The number of nitrogens with zero attached hydrogens (tertiary/aromatic N) is 2. The first-order valence-corrected chi connectivity index (χ1v) is 9.53. The summed E-state index contributed by atoms with van der Waals surface area (Å²) < 4.78 is 0. The van der Waals surface area contributed by atoms with E-state index in [2.05, 4.69) is 25.5 Å². The zero-order chi connectivity index (χ0) is 20.0. The minimum absolute atomic E-state index is 0.221. The molecule has 0 aliphatic carbocycles. The first-order valence-electron chi connectivity index (χ1n) is 8.77. The van der Waals surface area contributed by atoms with Gasteiger partial charge in [-0.1, -0.05) is 29.3 Å². The molecule has 142 valence electrons. The largest absolute Gasteiger partial charge is 0.338 e. The number of hydrogen-bond acceptors (Lipinski definition) is 3. The van der Waals surface area contributed by atoms with Gasteiger partial charge >= 0.3 is 0 Å². The summed E-state index contributed by atoms with van der Waals surface area (Å²) in [5.41, 5.74) is 4.17. The molecular weight excluding hydrogens is 409 g/mol. The lowest BCUT2D eigenvalue weighted by Gasteiger charge is -2.05. The molecule has 2 heterocycles. The summed E-state index contributed by atoms with van der Waals surface area (Å²) in [6.45, 7) is 0. The van der Waals surface area contributed by atoms with E-state index >= 15 is 0 Å². The van der Waals surface area contributed by atoms with Gasteiger partial charge in [-0.3, -0.25) is 9.89 Å². The van der Waals surface area contributed by atoms with Crippen molar-refractivity contribution in [3.8, 4) is 11.4 Å². The third kappa shape index (κ3) is 3.22. The summed E-state index contributed by atoms with van der Waals surface area (Å²) in [6.07, 6.45) is 1.71. The van der Waals surface area contributed by atoms with Gasteiger partial charge in [-0.05, 0) is 48.5 Å². The minimum Gasteiger partial charge on any atom is -0.338 e. The fraction of sp³-hybridized carbons (Fsp3) is 0. The molecule has 5 rings (SSSR count). The maximum atomic E-state index is 12.7. The van der Waals surface area contributed by atoms with Crippen molar-refractivity contribution in [1.82, 2.24) is 20.2 Å². The predicted octanol–water partition coefficient (Wildman–Crippen LogP) is 5.67. The van der Waals surface area contributed by atoms with Gasteiger partial charge in [0.2, 0.25) is 0 Å². The summed E-state index contributed by atoms with van der Waals surface area (Å²) in [6, 6.07) is 16.1. The Morgan fingerprint density at radius 1 is 0.966 bits per heavy atom. The lowest BCUT2D eigenvalue weighted by molar-refractivity contribution is 0.102. The number of amides is 1. The second-order valence-corrected chi connectivity index (χ2v) is 7.35. The average molecular weight is 422 g/mol. The van der Waals surface area contributed by atoms with Crippen molar-refractivity contribution in [3.63, 3.8) is 0 Å². The molecule has 0 atom stereocenters. The van der Waals surface area contributed by atoms with Gasteiger partial charge in [-0.2, -0.15) is 5.10 Å². The van der Waals surface area contributed by atoms with Crippen LogP contribution in [0.2, 0.25) is 10.0 Å². The van der Waals surface area contributed by atoms with Crippen LogP contribution >= 0.6 is 23.2 Å². The van der Waals surface area contributed by atoms with Crippen LogP contribution in [0.1, 0.15) is 10.4 Å². The van der Waals surface area contributed by atoms with Crippen molar-refractivity contribution in [2.24, 2.45) is 0 Å². The summed E-state index contributed by atoms with van der Waals surface area (Å²) in [7, 11) is 0. The van der Waals surface area contributed by atoms with E-state index in [-0.39, 0.29) is 5.91 Å². The Bertz CT molecular complexity index is 1370. The zero-order valence-corrected chi connectivity index (χ0v) is 16.3. The molecule has 0 aliphatic heterocycles. The number of benzene rings is 3. The molecule has 0 saturated carbocycles. The van der Waals surface area contributed by atoms with E-state index in [1.165, 1.54) is 0 Å². The number of halogens is 2. The lowest BCUT2D eigenvalue weighted by atomic mass is 10.1. The number of H-pyrrole nitrogens is 2. The second-order valence-electron chi connectivity index (χ2n) is 6.54. The molecular formula is C21H13Cl2N5O. The van der Waals surface area contributed by atoms with E-state index in [9.17, 15) is 4.79 Å². The molecule has 0 unspecified atom stereocenters. The van der Waals surface area contributed by atoms with Crippen LogP contribution in [0.4, 0.5) is 5.69 Å². The second kappa shape index (κ2) is 6.92. The number of anilines is 1. The standard InChI is InChI=1S/C21H13Cl2N5O/c22-14-2-1-3-15(23)19(14)20-26-17-6-4-11(9-18(17)27-20)21(29)25-13-5-7-16-12(8-13)10-24-28-16/h1-10H,(H,24,28)(H,25,29)(H,26,27). The molecule has 0 radical (unpaired) electrons. The Morgan fingerprint density at radius 2 is 1.79 bits per heavy atom. The quantitative estimate of drug-likeness (QED) is 0.350. The Labute approximate surface area is 174 Å². The van der Waals surface area contributed by atoms with Crippen LogP contribution < -0.4 is 5.32 Å². The average Bonchev–Trinajstić information content (AvgIpc) is 3.33. The summed E-state index contributed by atoms with van der Waals surface area (Å²) in [5.74, 6) is 0.334. The first-order chi connectivity index (χ1) is 14.1. The molecule has 1 amide bonds. The molecule has 0 aliphatic rings. The number of hydrogen-bond donors (Lipinski definition) is 3. The fourth-order valence-electron chi connectivity index (χ4n) is 3.22. The molecule has 3 aromatic carbocycles. The van der Waals surface area contributed by atoms with Gasteiger partial charge in [0.15, 0.2) is 0 Å². The van der Waals surface area contributed by atoms with Crippen molar-refractivity contribution < 1.29 is 4.79 Å².